The van der Waals surface area contributed by atoms with Crippen molar-refractivity contribution in [1.82, 2.24) is 10.1 Å². The van der Waals surface area contributed by atoms with Gasteiger partial charge in [-0.25, -0.2) is 4.39 Å². The Bertz CT molecular complexity index is 1770. The van der Waals surface area contributed by atoms with Gasteiger partial charge in [0.15, 0.2) is 25.5 Å². The molecule has 8 nitrogen and oxygen atoms in total. The molecule has 2 aromatic carbocycles. The zero-order chi connectivity index (χ0) is 33.5. The predicted molar refractivity (Wildman–Crippen MR) is 174 cm³/mol. The lowest BCUT2D eigenvalue weighted by Crippen LogP contribution is -2.65. The maximum atomic E-state index is 15.4. The van der Waals surface area contributed by atoms with Gasteiger partial charge in [-0.3, -0.25) is 14.5 Å². The van der Waals surface area contributed by atoms with Crippen LogP contribution in [-0.4, -0.2) is 54.7 Å². The van der Waals surface area contributed by atoms with E-state index in [9.17, 15) is 9.90 Å². The number of fused-ring (bicyclic) bond motifs is 4. The molecule has 3 aliphatic rings. The number of aryl methyl sites for hydroxylation is 1. The molecule has 46 heavy (non-hydrogen) atoms. The van der Waals surface area contributed by atoms with Crippen LogP contribution in [0.25, 0.3) is 0 Å². The summed E-state index contributed by atoms with van der Waals surface area (Å²) in [5.41, 5.74) is 1.16. The number of aliphatic hydroxyl groups is 1. The summed E-state index contributed by atoms with van der Waals surface area (Å²) >= 11 is 0. The lowest BCUT2D eigenvalue weighted by molar-refractivity contribution is -0.0481. The zero-order valence-electron chi connectivity index (χ0n) is 28.1. The van der Waals surface area contributed by atoms with Crippen LogP contribution >= 0.6 is 0 Å². The van der Waals surface area contributed by atoms with E-state index in [1.165, 1.54) is 6.07 Å². The van der Waals surface area contributed by atoms with Crippen LogP contribution in [0, 0.1) is 31.5 Å². The van der Waals surface area contributed by atoms with Crippen LogP contribution in [0.5, 0.6) is 5.88 Å². The third-order valence-corrected chi connectivity index (χ3v) is 15.2. The molecule has 1 aromatic heterocycles. The number of nitrogens with zero attached hydrogens (tertiary/aromatic N) is 2. The molecule has 6 rings (SSSR count). The highest BCUT2D eigenvalue weighted by molar-refractivity contribution is 6.74. The van der Waals surface area contributed by atoms with E-state index >= 15 is 9.18 Å². The highest BCUT2D eigenvalue weighted by Gasteiger charge is 2.67. The van der Waals surface area contributed by atoms with E-state index in [1.54, 1.807) is 13.8 Å². The van der Waals surface area contributed by atoms with E-state index in [-0.39, 0.29) is 46.4 Å². The minimum atomic E-state index is -2.82. The predicted octanol–water partition coefficient (Wildman–Crippen LogP) is 7.46. The minimum Gasteiger partial charge on any atom is -0.508 e. The topological polar surface area (TPSA) is 102 Å². The lowest BCUT2D eigenvalue weighted by Gasteiger charge is -2.55. The second-order valence-electron chi connectivity index (χ2n) is 14.8. The molecule has 0 saturated carbocycles. The molecule has 244 valence electrons. The summed E-state index contributed by atoms with van der Waals surface area (Å²) in [4.78, 5) is 31.5. The Hall–Kier alpha value is -3.60. The van der Waals surface area contributed by atoms with Crippen LogP contribution < -0.4 is 4.74 Å². The van der Waals surface area contributed by atoms with Gasteiger partial charge in [-0.1, -0.05) is 51.1 Å². The first-order valence-electron chi connectivity index (χ1n) is 15.9. The summed E-state index contributed by atoms with van der Waals surface area (Å²) in [6.45, 7) is 13.9. The largest absolute Gasteiger partial charge is 0.508 e. The van der Waals surface area contributed by atoms with E-state index in [4.69, 9.17) is 13.7 Å². The van der Waals surface area contributed by atoms with Crippen molar-refractivity contribution >= 4 is 19.9 Å². The molecular weight excluding hydrogens is 603 g/mol. The van der Waals surface area contributed by atoms with Crippen LogP contribution in [-0.2, 0) is 17.5 Å². The molecule has 1 heterocycles. The van der Waals surface area contributed by atoms with Crippen molar-refractivity contribution < 1.29 is 32.8 Å². The highest BCUT2D eigenvalue weighted by Crippen LogP contribution is 2.59. The second-order valence-corrected chi connectivity index (χ2v) is 19.6. The number of rotatable bonds is 6. The quantitative estimate of drug-likeness (QED) is 0.276. The lowest BCUT2D eigenvalue weighted by atomic mass is 9.58. The zero-order valence-corrected chi connectivity index (χ0v) is 29.1. The number of aliphatic hydroxyl groups excluding tert-OH is 1. The molecule has 1 N–H and O–H groups in total. The van der Waals surface area contributed by atoms with Gasteiger partial charge in [0.1, 0.15) is 23.7 Å². The average molecular weight is 647 g/mol. The maximum absolute atomic E-state index is 15.4. The van der Waals surface area contributed by atoms with Crippen molar-refractivity contribution in [1.29, 1.82) is 0 Å². The Kier molecular flexibility index (Phi) is 7.73. The van der Waals surface area contributed by atoms with E-state index in [1.807, 2.05) is 62.4 Å². The molecule has 0 radical (unpaired) electrons. The monoisotopic (exact) mass is 646 g/mol. The van der Waals surface area contributed by atoms with Crippen molar-refractivity contribution in [2.75, 3.05) is 14.1 Å². The molecule has 4 atom stereocenters. The van der Waals surface area contributed by atoms with E-state index in [0.29, 0.717) is 28.9 Å². The van der Waals surface area contributed by atoms with Crippen LogP contribution in [0.3, 0.4) is 0 Å². The molecule has 3 aliphatic carbocycles. The maximum Gasteiger partial charge on any atom is 0.265 e. The number of hydrogen-bond acceptors (Lipinski definition) is 8. The van der Waals surface area contributed by atoms with Gasteiger partial charge in [-0.2, -0.15) is 0 Å². The number of benzene rings is 2. The smallest absolute Gasteiger partial charge is 0.265 e. The Morgan fingerprint density at radius 1 is 1.13 bits per heavy atom. The van der Waals surface area contributed by atoms with E-state index in [2.05, 4.69) is 25.9 Å². The Labute approximate surface area is 270 Å². The fraction of sp³-hybridized carbons (Fsp3) is 0.472. The molecule has 0 saturated heterocycles. The first-order chi connectivity index (χ1) is 21.5. The summed E-state index contributed by atoms with van der Waals surface area (Å²) in [6, 6.07) is 10.4. The van der Waals surface area contributed by atoms with E-state index < -0.39 is 49.2 Å². The standard InChI is InChI=1S/C36H43FN2O6Si/c1-19-15-25(37)23-16-22-17-24-29(39(6)7)31-28(34(38-44-31)43-18-21-13-11-10-12-14-21)33(42)36(24,45-46(8,9)35(3,4)5)32(41)27(22)30(40)26(23)20(19)2/h10-15,22,24,29,41H,16-18H2,1-9H3/t22-,24-,29-,36-/m0/s1. The van der Waals surface area contributed by atoms with Crippen LogP contribution in [0.15, 0.2) is 52.3 Å². The number of carbonyl (C=O) groups excluding carboxylic acids is 2. The van der Waals surface area contributed by atoms with Crippen LogP contribution in [0.4, 0.5) is 4.39 Å². The highest BCUT2D eigenvalue weighted by atomic mass is 28.4. The Balaban J connectivity index is 1.59. The number of allylic oxidation sites excluding steroid dienone is 1. The van der Waals surface area contributed by atoms with Crippen molar-refractivity contribution in [3.8, 4) is 5.88 Å². The average Bonchev–Trinajstić information content (AvgIpc) is 3.39. The van der Waals surface area contributed by atoms with Gasteiger partial charge < -0.3 is 18.8 Å². The third-order valence-electron chi connectivity index (χ3n) is 10.8. The van der Waals surface area contributed by atoms with Gasteiger partial charge in [0.2, 0.25) is 5.78 Å². The number of carbonyl (C=O) groups is 2. The molecular formula is C36H43FN2O6Si. The fourth-order valence-corrected chi connectivity index (χ4v) is 8.74. The SMILES string of the molecule is Cc1cc(F)c2c(c1C)C(=O)C1=C(O)[C@]3(O[Si](C)(C)C(C)(C)C)C(=O)c4c(OCc5ccccc5)noc4[C@@H](N(C)C)[C@@H]3C[C@@H]1C2. The number of Topliss-reactive ketones (excluding diaryl/α,β-unsaturated/α-hetero) is 2. The summed E-state index contributed by atoms with van der Waals surface area (Å²) < 4.78 is 34.6. The van der Waals surface area contributed by atoms with Gasteiger partial charge in [-0.05, 0) is 98.3 Å². The van der Waals surface area contributed by atoms with Gasteiger partial charge in [0.25, 0.3) is 5.88 Å². The van der Waals surface area contributed by atoms with Crippen LogP contribution in [0.1, 0.15) is 82.0 Å². The van der Waals surface area contributed by atoms with Gasteiger partial charge in [0.05, 0.1) is 6.04 Å². The van der Waals surface area contributed by atoms with Crippen molar-refractivity contribution in [2.24, 2.45) is 11.8 Å². The fourth-order valence-electron chi connectivity index (χ4n) is 7.29. The number of ketones is 2. The number of halogens is 1. The van der Waals surface area contributed by atoms with Crippen molar-refractivity contribution in [2.45, 2.75) is 83.8 Å². The van der Waals surface area contributed by atoms with E-state index in [0.717, 1.165) is 5.56 Å². The van der Waals surface area contributed by atoms with Crippen LogP contribution in [0.2, 0.25) is 18.1 Å². The molecule has 0 amide bonds. The van der Waals surface area contributed by atoms with Gasteiger partial charge in [0, 0.05) is 17.1 Å². The number of aromatic nitrogens is 1. The second kappa shape index (κ2) is 11.0. The summed E-state index contributed by atoms with van der Waals surface area (Å²) in [5.74, 6) is -2.64. The molecule has 0 bridgehead atoms. The first-order valence-corrected chi connectivity index (χ1v) is 18.8. The van der Waals surface area contributed by atoms with Gasteiger partial charge in [-0.15, -0.1) is 0 Å². The summed E-state index contributed by atoms with van der Waals surface area (Å²) in [6.07, 6.45) is 0.517. The Morgan fingerprint density at radius 2 is 1.80 bits per heavy atom. The molecule has 3 aromatic rings. The molecule has 0 fully saturated rings. The van der Waals surface area contributed by atoms with Crippen molar-refractivity contribution in [3.63, 3.8) is 0 Å². The Morgan fingerprint density at radius 3 is 2.43 bits per heavy atom. The van der Waals surface area contributed by atoms with Gasteiger partial charge >= 0.3 is 0 Å². The molecule has 0 unspecified atom stereocenters. The molecule has 0 spiro atoms. The molecule has 0 aliphatic heterocycles. The molecule has 10 heteroatoms. The summed E-state index contributed by atoms with van der Waals surface area (Å²) in [5, 5.41) is 16.4. The first kappa shape index (κ1) is 32.3. The minimum absolute atomic E-state index is 0.0149. The normalized spacial score (nSPS) is 24.5. The van der Waals surface area contributed by atoms with Crippen molar-refractivity contribution in [3.05, 3.63) is 92.7 Å². The summed E-state index contributed by atoms with van der Waals surface area (Å²) in [7, 11) is 0.923. The third kappa shape index (κ3) is 4.71. The number of ether oxygens (including phenoxy) is 1. The number of hydrogen-bond donors (Lipinski definition) is 1.